The molecule has 0 unspecified atom stereocenters. The Kier molecular flexibility index (Phi) is 6.86. The zero-order valence-electron chi connectivity index (χ0n) is 17.2. The molecular formula is C22H23N3O6. The second-order valence-corrected chi connectivity index (χ2v) is 7.07. The highest BCUT2D eigenvalue weighted by molar-refractivity contribution is 5.97. The summed E-state index contributed by atoms with van der Waals surface area (Å²) >= 11 is 0. The minimum atomic E-state index is -0.774. The van der Waals surface area contributed by atoms with Crippen LogP contribution in [0.3, 0.4) is 0 Å². The number of ether oxygens (including phenoxy) is 2. The van der Waals surface area contributed by atoms with Crippen LogP contribution in [0.15, 0.2) is 48.5 Å². The lowest BCUT2D eigenvalue weighted by Crippen LogP contribution is -2.43. The lowest BCUT2D eigenvalue weighted by Gasteiger charge is -2.17. The third kappa shape index (κ3) is 5.59. The maximum absolute atomic E-state index is 12.3. The third-order valence-corrected chi connectivity index (χ3v) is 4.70. The molecule has 0 aliphatic carbocycles. The molecule has 162 valence electrons. The van der Waals surface area contributed by atoms with E-state index in [1.165, 1.54) is 7.11 Å². The number of rotatable bonds is 7. The molecule has 1 aliphatic heterocycles. The molecule has 0 aromatic heterocycles. The van der Waals surface area contributed by atoms with Crippen LogP contribution in [-0.2, 0) is 19.1 Å². The van der Waals surface area contributed by atoms with Crippen molar-refractivity contribution in [2.75, 3.05) is 25.6 Å². The van der Waals surface area contributed by atoms with E-state index < -0.39 is 36.2 Å². The first-order chi connectivity index (χ1) is 14.9. The first-order valence-electron chi connectivity index (χ1n) is 9.65. The first kappa shape index (κ1) is 21.8. The fourth-order valence-corrected chi connectivity index (χ4v) is 3.14. The standard InChI is InChI=1S/C22H23N3O6/c1-14-6-5-7-15(10-14)21(28)24-25-12-16(11-20(25)27)22(29)31-13-19(26)23-17-8-3-4-9-18(17)30-2/h3-10,16H,11-13H2,1-2H3,(H,23,26)(H,24,28)/t16-/m1/s1. The molecule has 3 rings (SSSR count). The predicted molar refractivity (Wildman–Crippen MR) is 111 cm³/mol. The monoisotopic (exact) mass is 425 g/mol. The normalized spacial score (nSPS) is 15.4. The van der Waals surface area contributed by atoms with Crippen molar-refractivity contribution in [3.8, 4) is 5.75 Å². The van der Waals surface area contributed by atoms with Gasteiger partial charge < -0.3 is 14.8 Å². The van der Waals surface area contributed by atoms with Gasteiger partial charge in [-0.05, 0) is 31.2 Å². The Balaban J connectivity index is 1.49. The number of methoxy groups -OCH3 is 1. The molecule has 1 fully saturated rings. The van der Waals surface area contributed by atoms with Crippen molar-refractivity contribution >= 4 is 29.4 Å². The largest absolute Gasteiger partial charge is 0.495 e. The minimum Gasteiger partial charge on any atom is -0.495 e. The second kappa shape index (κ2) is 9.75. The Morgan fingerprint density at radius 2 is 1.90 bits per heavy atom. The molecule has 1 heterocycles. The van der Waals surface area contributed by atoms with Gasteiger partial charge in [0.1, 0.15) is 5.75 Å². The highest BCUT2D eigenvalue weighted by atomic mass is 16.5. The average Bonchev–Trinajstić information content (AvgIpc) is 3.12. The van der Waals surface area contributed by atoms with Crippen molar-refractivity contribution in [3.05, 3.63) is 59.7 Å². The van der Waals surface area contributed by atoms with Crippen LogP contribution in [0, 0.1) is 12.8 Å². The van der Waals surface area contributed by atoms with Gasteiger partial charge in [-0.15, -0.1) is 0 Å². The van der Waals surface area contributed by atoms with Crippen LogP contribution in [0.5, 0.6) is 5.75 Å². The summed E-state index contributed by atoms with van der Waals surface area (Å²) in [4.78, 5) is 48.9. The van der Waals surface area contributed by atoms with Crippen molar-refractivity contribution in [3.63, 3.8) is 0 Å². The van der Waals surface area contributed by atoms with Crippen LogP contribution in [-0.4, -0.2) is 49.0 Å². The summed E-state index contributed by atoms with van der Waals surface area (Å²) in [6, 6.07) is 13.8. The molecule has 2 N–H and O–H groups in total. The van der Waals surface area contributed by atoms with Crippen LogP contribution >= 0.6 is 0 Å². The molecule has 9 heteroatoms. The summed E-state index contributed by atoms with van der Waals surface area (Å²) in [5.41, 5.74) is 4.28. The number of aryl methyl sites for hydroxylation is 1. The number of hydrogen-bond donors (Lipinski definition) is 2. The topological polar surface area (TPSA) is 114 Å². The zero-order chi connectivity index (χ0) is 22.4. The molecule has 0 saturated carbocycles. The Labute approximate surface area is 179 Å². The van der Waals surface area contributed by atoms with Gasteiger partial charge in [-0.1, -0.05) is 29.8 Å². The van der Waals surface area contributed by atoms with Crippen molar-refractivity contribution in [2.24, 2.45) is 5.92 Å². The molecule has 1 saturated heterocycles. The number of hydrogen-bond acceptors (Lipinski definition) is 6. The van der Waals surface area contributed by atoms with Gasteiger partial charge in [0, 0.05) is 12.0 Å². The molecule has 3 amide bonds. The number of anilines is 1. The third-order valence-electron chi connectivity index (χ3n) is 4.70. The van der Waals surface area contributed by atoms with E-state index in [4.69, 9.17) is 9.47 Å². The van der Waals surface area contributed by atoms with Crippen LogP contribution in [0.1, 0.15) is 22.3 Å². The first-order valence-corrected chi connectivity index (χ1v) is 9.65. The van der Waals surface area contributed by atoms with E-state index >= 15 is 0 Å². The fourth-order valence-electron chi connectivity index (χ4n) is 3.14. The van der Waals surface area contributed by atoms with Crippen LogP contribution in [0.2, 0.25) is 0 Å². The second-order valence-electron chi connectivity index (χ2n) is 7.07. The number of nitrogens with zero attached hydrogens (tertiary/aromatic N) is 1. The quantitative estimate of drug-likeness (QED) is 0.653. The molecule has 0 bridgehead atoms. The van der Waals surface area contributed by atoms with Gasteiger partial charge in [0.15, 0.2) is 6.61 Å². The zero-order valence-corrected chi connectivity index (χ0v) is 17.2. The number of nitrogens with one attached hydrogen (secondary N) is 2. The van der Waals surface area contributed by atoms with Gasteiger partial charge >= 0.3 is 5.97 Å². The summed E-state index contributed by atoms with van der Waals surface area (Å²) in [7, 11) is 1.48. The number of hydrazine groups is 1. The van der Waals surface area contributed by atoms with E-state index in [2.05, 4.69) is 10.7 Å². The van der Waals surface area contributed by atoms with Crippen LogP contribution in [0.25, 0.3) is 0 Å². The summed E-state index contributed by atoms with van der Waals surface area (Å²) < 4.78 is 10.2. The van der Waals surface area contributed by atoms with Gasteiger partial charge in [0.2, 0.25) is 5.91 Å². The van der Waals surface area contributed by atoms with Crippen molar-refractivity contribution < 1.29 is 28.7 Å². The number of carbonyl (C=O) groups excluding carboxylic acids is 4. The van der Waals surface area contributed by atoms with Crippen molar-refractivity contribution in [1.82, 2.24) is 10.4 Å². The Morgan fingerprint density at radius 3 is 2.65 bits per heavy atom. The van der Waals surface area contributed by atoms with E-state index in [1.54, 1.807) is 42.5 Å². The highest BCUT2D eigenvalue weighted by Crippen LogP contribution is 2.23. The number of benzene rings is 2. The Hall–Kier alpha value is -3.88. The minimum absolute atomic E-state index is 0.0245. The summed E-state index contributed by atoms with van der Waals surface area (Å²) in [5.74, 6) is -2.36. The predicted octanol–water partition coefficient (Wildman–Crippen LogP) is 1.68. The molecule has 1 atom stereocenters. The van der Waals surface area contributed by atoms with Crippen LogP contribution < -0.4 is 15.5 Å². The van der Waals surface area contributed by atoms with Gasteiger partial charge in [0.25, 0.3) is 11.8 Å². The molecule has 2 aromatic carbocycles. The molecule has 0 spiro atoms. The lowest BCUT2D eigenvalue weighted by atomic mass is 10.1. The molecule has 31 heavy (non-hydrogen) atoms. The number of para-hydroxylation sites is 2. The van der Waals surface area contributed by atoms with Gasteiger partial charge in [0.05, 0.1) is 25.3 Å². The lowest BCUT2D eigenvalue weighted by molar-refractivity contribution is -0.151. The van der Waals surface area contributed by atoms with E-state index in [-0.39, 0.29) is 13.0 Å². The van der Waals surface area contributed by atoms with E-state index in [9.17, 15) is 19.2 Å². The number of amides is 3. The van der Waals surface area contributed by atoms with E-state index in [0.29, 0.717) is 17.0 Å². The smallest absolute Gasteiger partial charge is 0.311 e. The maximum Gasteiger partial charge on any atom is 0.311 e. The van der Waals surface area contributed by atoms with Crippen molar-refractivity contribution in [2.45, 2.75) is 13.3 Å². The summed E-state index contributed by atoms with van der Waals surface area (Å²) in [6.07, 6.45) is -0.110. The molecule has 2 aromatic rings. The summed E-state index contributed by atoms with van der Waals surface area (Å²) in [5, 5.41) is 3.70. The molecule has 1 aliphatic rings. The maximum atomic E-state index is 12.3. The van der Waals surface area contributed by atoms with Crippen LogP contribution in [0.4, 0.5) is 5.69 Å². The molecule has 0 radical (unpaired) electrons. The van der Waals surface area contributed by atoms with Gasteiger partial charge in [-0.3, -0.25) is 29.6 Å². The number of carbonyl (C=O) groups is 4. The molecular weight excluding hydrogens is 402 g/mol. The fraction of sp³-hybridized carbons (Fsp3) is 0.273. The van der Waals surface area contributed by atoms with Gasteiger partial charge in [-0.25, -0.2) is 0 Å². The van der Waals surface area contributed by atoms with E-state index in [1.807, 2.05) is 13.0 Å². The molecule has 9 nitrogen and oxygen atoms in total. The highest BCUT2D eigenvalue weighted by Gasteiger charge is 2.36. The average molecular weight is 425 g/mol. The SMILES string of the molecule is COc1ccccc1NC(=O)COC(=O)[C@@H]1CC(=O)N(NC(=O)c2cccc(C)c2)C1. The summed E-state index contributed by atoms with van der Waals surface area (Å²) in [6.45, 7) is 1.33. The Bertz CT molecular complexity index is 1010. The Morgan fingerprint density at radius 1 is 1.13 bits per heavy atom. The number of esters is 1. The van der Waals surface area contributed by atoms with Gasteiger partial charge in [-0.2, -0.15) is 0 Å². The van der Waals surface area contributed by atoms with Crippen molar-refractivity contribution in [1.29, 1.82) is 0 Å². The van der Waals surface area contributed by atoms with E-state index in [0.717, 1.165) is 10.6 Å².